The zero-order chi connectivity index (χ0) is 23.1. The molecular formula is C22H23ClN4O6. The van der Waals surface area contributed by atoms with E-state index in [1.165, 1.54) is 4.90 Å². The van der Waals surface area contributed by atoms with E-state index in [9.17, 15) is 9.90 Å². The van der Waals surface area contributed by atoms with Crippen molar-refractivity contribution < 1.29 is 28.8 Å². The second-order valence-electron chi connectivity index (χ2n) is 8.19. The van der Waals surface area contributed by atoms with Crippen LogP contribution < -0.4 is 9.47 Å². The monoisotopic (exact) mass is 474 g/mol. The van der Waals surface area contributed by atoms with Gasteiger partial charge in [0.15, 0.2) is 11.8 Å². The van der Waals surface area contributed by atoms with Crippen LogP contribution in [0.2, 0.25) is 5.02 Å². The molecule has 0 spiro atoms. The Morgan fingerprint density at radius 1 is 1.21 bits per heavy atom. The molecule has 0 bridgehead atoms. The predicted octanol–water partition coefficient (Wildman–Crippen LogP) is 1.80. The SMILES string of the molecule is CN(C)C(=O)c1ccc(COc2nc3nc(O[C@@H]4CO[C@H]5C4OC[C@H]5O)[nH]c3cc2Cl)cc1. The molecule has 11 heteroatoms. The van der Waals surface area contributed by atoms with Crippen LogP contribution in [0.5, 0.6) is 11.9 Å². The smallest absolute Gasteiger partial charge is 0.296 e. The number of benzene rings is 1. The molecule has 2 aliphatic heterocycles. The molecule has 3 aromatic rings. The molecule has 33 heavy (non-hydrogen) atoms. The number of carbonyl (C=O) groups is 1. The number of hydrogen-bond donors (Lipinski definition) is 2. The largest absolute Gasteiger partial charge is 0.472 e. The third-order valence-corrected chi connectivity index (χ3v) is 5.87. The fourth-order valence-corrected chi connectivity index (χ4v) is 4.08. The minimum Gasteiger partial charge on any atom is -0.472 e. The van der Waals surface area contributed by atoms with E-state index in [2.05, 4.69) is 15.0 Å². The maximum atomic E-state index is 12.0. The van der Waals surface area contributed by atoms with Gasteiger partial charge in [0.05, 0.1) is 18.7 Å². The van der Waals surface area contributed by atoms with Gasteiger partial charge in [-0.3, -0.25) is 4.79 Å². The third kappa shape index (κ3) is 4.34. The number of halogens is 1. The molecular weight excluding hydrogens is 452 g/mol. The number of aliphatic hydroxyl groups excluding tert-OH is 1. The fourth-order valence-electron chi connectivity index (χ4n) is 3.88. The number of H-pyrrole nitrogens is 1. The number of aromatic amines is 1. The summed E-state index contributed by atoms with van der Waals surface area (Å²) in [5.74, 6) is 0.173. The van der Waals surface area contributed by atoms with Crippen molar-refractivity contribution >= 4 is 28.7 Å². The zero-order valence-electron chi connectivity index (χ0n) is 18.0. The van der Waals surface area contributed by atoms with Gasteiger partial charge in [0.25, 0.3) is 11.9 Å². The Hall–Kier alpha value is -2.92. The van der Waals surface area contributed by atoms with Gasteiger partial charge < -0.3 is 33.9 Å². The van der Waals surface area contributed by atoms with Gasteiger partial charge in [-0.15, -0.1) is 0 Å². The second kappa shape index (κ2) is 8.79. The van der Waals surface area contributed by atoms with Gasteiger partial charge in [-0.1, -0.05) is 23.7 Å². The normalized spacial score (nSPS) is 24.1. The van der Waals surface area contributed by atoms with Gasteiger partial charge in [0.2, 0.25) is 5.88 Å². The number of imidazole rings is 1. The van der Waals surface area contributed by atoms with Gasteiger partial charge in [0, 0.05) is 19.7 Å². The van der Waals surface area contributed by atoms with Crippen LogP contribution in [0.3, 0.4) is 0 Å². The second-order valence-corrected chi connectivity index (χ2v) is 8.60. The van der Waals surface area contributed by atoms with Gasteiger partial charge in [-0.25, -0.2) is 0 Å². The quantitative estimate of drug-likeness (QED) is 0.555. The molecule has 0 aliphatic carbocycles. The molecule has 10 nitrogen and oxygen atoms in total. The first-order valence-corrected chi connectivity index (χ1v) is 10.8. The molecule has 2 saturated heterocycles. The number of nitrogens with zero attached hydrogens (tertiary/aromatic N) is 3. The van der Waals surface area contributed by atoms with E-state index < -0.39 is 6.10 Å². The lowest BCUT2D eigenvalue weighted by molar-refractivity contribution is 0.00706. The molecule has 4 atom stereocenters. The van der Waals surface area contributed by atoms with Crippen LogP contribution in [0.25, 0.3) is 11.2 Å². The number of nitrogens with one attached hydrogen (secondary N) is 1. The number of ether oxygens (including phenoxy) is 4. The summed E-state index contributed by atoms with van der Waals surface area (Å²) in [6.07, 6.45) is -1.77. The summed E-state index contributed by atoms with van der Waals surface area (Å²) in [4.78, 5) is 25.3. The van der Waals surface area contributed by atoms with Gasteiger partial charge in [-0.05, 0) is 23.8 Å². The van der Waals surface area contributed by atoms with Crippen LogP contribution >= 0.6 is 11.6 Å². The lowest BCUT2D eigenvalue weighted by atomic mass is 10.1. The molecule has 2 aliphatic rings. The number of aliphatic hydroxyl groups is 1. The van der Waals surface area contributed by atoms with Gasteiger partial charge in [-0.2, -0.15) is 9.97 Å². The first kappa shape index (κ1) is 21.9. The highest BCUT2D eigenvalue weighted by molar-refractivity contribution is 6.32. The van der Waals surface area contributed by atoms with Crippen molar-refractivity contribution in [2.75, 3.05) is 27.3 Å². The van der Waals surface area contributed by atoms with E-state index in [0.29, 0.717) is 28.4 Å². The molecule has 0 saturated carbocycles. The van der Waals surface area contributed by atoms with Gasteiger partial charge in [0.1, 0.15) is 29.9 Å². The number of pyridine rings is 1. The summed E-state index contributed by atoms with van der Waals surface area (Å²) in [6.45, 7) is 0.747. The van der Waals surface area contributed by atoms with E-state index in [0.717, 1.165) is 5.56 Å². The molecule has 1 amide bonds. The Labute approximate surface area is 194 Å². The summed E-state index contributed by atoms with van der Waals surface area (Å²) in [7, 11) is 3.42. The average molecular weight is 475 g/mol. The van der Waals surface area contributed by atoms with E-state index in [-0.39, 0.29) is 49.3 Å². The average Bonchev–Trinajstić information content (AvgIpc) is 3.49. The minimum atomic E-state index is -0.649. The standard InChI is InChI=1S/C22H23ClN4O6/c1-27(2)21(29)12-5-3-11(4-6-12)8-32-20-13(23)7-14-19(25-20)26-22(24-14)33-16-10-31-17-15(28)9-30-18(16)17/h3-7,15-18,28H,8-10H2,1-2H3,(H,24,25,26)/t15-,16-,17-,18?/m1/s1. The highest BCUT2D eigenvalue weighted by Crippen LogP contribution is 2.31. The molecule has 174 valence electrons. The highest BCUT2D eigenvalue weighted by atomic mass is 35.5. The maximum Gasteiger partial charge on any atom is 0.296 e. The number of carbonyl (C=O) groups excluding carboxylic acids is 1. The van der Waals surface area contributed by atoms with E-state index >= 15 is 0 Å². The molecule has 5 rings (SSSR count). The number of rotatable bonds is 6. The van der Waals surface area contributed by atoms with E-state index in [4.69, 9.17) is 30.5 Å². The molecule has 2 fully saturated rings. The van der Waals surface area contributed by atoms with Crippen molar-refractivity contribution in [2.45, 2.75) is 31.0 Å². The van der Waals surface area contributed by atoms with Crippen LogP contribution in [-0.2, 0) is 16.1 Å². The fraction of sp³-hybridized carbons (Fsp3) is 0.409. The van der Waals surface area contributed by atoms with Gasteiger partial charge >= 0.3 is 0 Å². The summed E-state index contributed by atoms with van der Waals surface area (Å²) < 4.78 is 22.8. The Morgan fingerprint density at radius 3 is 2.73 bits per heavy atom. The zero-order valence-corrected chi connectivity index (χ0v) is 18.8. The molecule has 1 unspecified atom stereocenters. The number of fused-ring (bicyclic) bond motifs is 2. The Kier molecular flexibility index (Phi) is 5.83. The third-order valence-electron chi connectivity index (χ3n) is 5.60. The Balaban J connectivity index is 1.26. The number of hydrogen-bond acceptors (Lipinski definition) is 8. The maximum absolute atomic E-state index is 12.0. The highest BCUT2D eigenvalue weighted by Gasteiger charge is 2.48. The topological polar surface area (TPSA) is 119 Å². The van der Waals surface area contributed by atoms with Crippen LogP contribution in [0.15, 0.2) is 30.3 Å². The first-order valence-electron chi connectivity index (χ1n) is 10.5. The minimum absolute atomic E-state index is 0.0652. The van der Waals surface area contributed by atoms with Crippen molar-refractivity contribution in [1.29, 1.82) is 0 Å². The van der Waals surface area contributed by atoms with Crippen LogP contribution in [0.1, 0.15) is 15.9 Å². The van der Waals surface area contributed by atoms with Crippen LogP contribution in [0.4, 0.5) is 0 Å². The van der Waals surface area contributed by atoms with Crippen molar-refractivity contribution in [3.8, 4) is 11.9 Å². The van der Waals surface area contributed by atoms with Crippen LogP contribution in [0, 0.1) is 0 Å². The lowest BCUT2D eigenvalue weighted by Gasteiger charge is -2.15. The molecule has 1 aromatic carbocycles. The van der Waals surface area contributed by atoms with Crippen molar-refractivity contribution in [2.24, 2.45) is 0 Å². The van der Waals surface area contributed by atoms with E-state index in [1.54, 1.807) is 32.3 Å². The Morgan fingerprint density at radius 2 is 1.97 bits per heavy atom. The molecule has 2 aromatic heterocycles. The summed E-state index contributed by atoms with van der Waals surface area (Å²) >= 11 is 6.35. The van der Waals surface area contributed by atoms with E-state index in [1.807, 2.05) is 12.1 Å². The van der Waals surface area contributed by atoms with Crippen molar-refractivity contribution in [1.82, 2.24) is 19.9 Å². The van der Waals surface area contributed by atoms with Crippen molar-refractivity contribution in [3.05, 3.63) is 46.5 Å². The summed E-state index contributed by atoms with van der Waals surface area (Å²) in [5, 5.41) is 10.2. The molecule has 2 N–H and O–H groups in total. The molecule has 0 radical (unpaired) electrons. The van der Waals surface area contributed by atoms with Crippen molar-refractivity contribution in [3.63, 3.8) is 0 Å². The Bertz CT molecular complexity index is 1170. The summed E-state index contributed by atoms with van der Waals surface area (Å²) in [5.41, 5.74) is 2.45. The van der Waals surface area contributed by atoms with Crippen LogP contribution in [-0.4, -0.2) is 82.6 Å². The number of aromatic nitrogens is 3. The predicted molar refractivity (Wildman–Crippen MR) is 118 cm³/mol. The summed E-state index contributed by atoms with van der Waals surface area (Å²) in [6, 6.07) is 9.07. The molecule has 4 heterocycles. The number of amides is 1. The first-order chi connectivity index (χ1) is 15.9. The lowest BCUT2D eigenvalue weighted by Crippen LogP contribution is -2.34.